The number of rotatable bonds is 2. The van der Waals surface area contributed by atoms with E-state index in [0.29, 0.717) is 17.4 Å². The van der Waals surface area contributed by atoms with Crippen LogP contribution in [0.2, 0.25) is 0 Å². The van der Waals surface area contributed by atoms with Gasteiger partial charge in [0, 0.05) is 11.1 Å². The third kappa shape index (κ3) is 5.58. The molecule has 1 aromatic carbocycles. The molecule has 0 radical (unpaired) electrons. The van der Waals surface area contributed by atoms with Gasteiger partial charge in [-0.15, -0.1) is 7.05 Å². The summed E-state index contributed by atoms with van der Waals surface area (Å²) in [6, 6.07) is 6.58. The summed E-state index contributed by atoms with van der Waals surface area (Å²) >= 11 is 0. The minimum atomic E-state index is -0.363. The Morgan fingerprint density at radius 3 is 2.27 bits per heavy atom. The van der Waals surface area contributed by atoms with E-state index >= 15 is 0 Å². The van der Waals surface area contributed by atoms with E-state index in [9.17, 15) is 9.59 Å². The second kappa shape index (κ2) is 10.5. The number of benzene rings is 1. The average Bonchev–Trinajstić information content (AvgIpc) is 2.30. The van der Waals surface area contributed by atoms with Crippen molar-refractivity contribution in [3.8, 4) is 0 Å². The zero-order valence-corrected chi connectivity index (χ0v) is 12.8. The van der Waals surface area contributed by atoms with E-state index in [4.69, 9.17) is 0 Å². The minimum absolute atomic E-state index is 0. The molecule has 0 aliphatic rings. The van der Waals surface area contributed by atoms with Crippen LogP contribution < -0.4 is 51.4 Å². The maximum absolute atomic E-state index is 11.1. The van der Waals surface area contributed by atoms with Gasteiger partial charge in [-0.3, -0.25) is 4.79 Å². The summed E-state index contributed by atoms with van der Waals surface area (Å²) in [5.41, 5.74) is 0.739. The van der Waals surface area contributed by atoms with Crippen LogP contribution in [0, 0.1) is 0 Å². The van der Waals surface area contributed by atoms with Gasteiger partial charge in [0.15, 0.2) is 6.29 Å². The molecule has 1 aromatic rings. The van der Waals surface area contributed by atoms with E-state index in [1.54, 1.807) is 24.3 Å². The first-order valence-corrected chi connectivity index (χ1v) is 4.48. The molecule has 0 atom stereocenters. The second-order valence-electron chi connectivity index (χ2n) is 2.23. The number of amides is 1. The van der Waals surface area contributed by atoms with Gasteiger partial charge in [-0.1, -0.05) is 38.1 Å². The van der Waals surface area contributed by atoms with Crippen molar-refractivity contribution in [3.63, 3.8) is 0 Å². The van der Waals surface area contributed by atoms with Crippen molar-refractivity contribution >= 4 is 12.2 Å². The van der Waals surface area contributed by atoms with Gasteiger partial charge < -0.3 is 10.1 Å². The van der Waals surface area contributed by atoms with Crippen LogP contribution in [0.5, 0.6) is 0 Å². The minimum Gasteiger partial charge on any atom is -0.652 e. The van der Waals surface area contributed by atoms with Crippen molar-refractivity contribution in [3.05, 3.63) is 40.7 Å². The molecule has 0 aliphatic heterocycles. The number of carbonyl (C=O) groups is 2. The van der Waals surface area contributed by atoms with Gasteiger partial charge in [0.05, 0.1) is 5.91 Å². The fourth-order valence-electron chi connectivity index (χ4n) is 0.915. The molecule has 0 aliphatic carbocycles. The Labute approximate surface area is 133 Å². The monoisotopic (exact) mass is 231 g/mol. The van der Waals surface area contributed by atoms with Crippen LogP contribution in [0.25, 0.3) is 5.32 Å². The zero-order valence-electron chi connectivity index (χ0n) is 9.65. The van der Waals surface area contributed by atoms with Gasteiger partial charge >= 0.3 is 51.4 Å². The molecule has 1 amide bonds. The van der Waals surface area contributed by atoms with Crippen LogP contribution in [0.15, 0.2) is 24.3 Å². The first kappa shape index (κ1) is 17.4. The van der Waals surface area contributed by atoms with Gasteiger partial charge in [0.1, 0.15) is 0 Å². The topological polar surface area (TPSA) is 48.2 Å². The molecule has 3 nitrogen and oxygen atoms in total. The summed E-state index contributed by atoms with van der Waals surface area (Å²) in [4.78, 5) is 21.5. The van der Waals surface area contributed by atoms with Crippen LogP contribution >= 0.6 is 0 Å². The van der Waals surface area contributed by atoms with E-state index in [1.807, 2.05) is 13.8 Å². The fourth-order valence-corrected chi connectivity index (χ4v) is 0.915. The Balaban J connectivity index is 0. The summed E-state index contributed by atoms with van der Waals surface area (Å²) in [6.07, 6.45) is 0.651. The first-order valence-electron chi connectivity index (χ1n) is 4.48. The van der Waals surface area contributed by atoms with Crippen molar-refractivity contribution < 1.29 is 61.0 Å². The van der Waals surface area contributed by atoms with E-state index in [1.165, 1.54) is 7.05 Å². The molecule has 0 bridgehead atoms. The predicted molar refractivity (Wildman–Crippen MR) is 56.8 cm³/mol. The standard InChI is InChI=1S/C9H9NO2.C2H6.K/c1-10-9(12)8-5-3-2-4-7(8)6-11;1-2;/h2-6H,1H3,(H,10,12);1-2H3;/q;;+1/p-1. The summed E-state index contributed by atoms with van der Waals surface area (Å²) in [6.45, 7) is 4.00. The number of hydrogen-bond donors (Lipinski definition) is 0. The molecule has 1 rings (SSSR count). The Bertz CT molecular complexity index is 313. The Hall–Kier alpha value is -0.00364. The fraction of sp³-hybridized carbons (Fsp3) is 0.273. The van der Waals surface area contributed by atoms with E-state index in [2.05, 4.69) is 5.32 Å². The van der Waals surface area contributed by atoms with Crippen LogP contribution in [-0.4, -0.2) is 19.2 Å². The number of nitrogens with zero attached hydrogens (tertiary/aromatic N) is 1. The molecule has 0 spiro atoms. The SMILES string of the molecule is CC.C[N-]C(=O)c1ccccc1C=O.[K+]. The second-order valence-corrected chi connectivity index (χ2v) is 2.23. The molecule has 0 heterocycles. The number of aldehydes is 1. The third-order valence-corrected chi connectivity index (χ3v) is 1.52. The molecule has 0 saturated heterocycles. The number of carbonyl (C=O) groups excluding carboxylic acids is 2. The molecule has 0 saturated carbocycles. The van der Waals surface area contributed by atoms with E-state index in [0.717, 1.165) is 0 Å². The molecular formula is C11H14KNO2. The van der Waals surface area contributed by atoms with Crippen molar-refractivity contribution in [1.29, 1.82) is 0 Å². The average molecular weight is 231 g/mol. The Morgan fingerprint density at radius 1 is 1.27 bits per heavy atom. The zero-order chi connectivity index (χ0) is 11.0. The van der Waals surface area contributed by atoms with Crippen molar-refractivity contribution in [2.24, 2.45) is 0 Å². The van der Waals surface area contributed by atoms with Gasteiger partial charge in [0.25, 0.3) is 0 Å². The third-order valence-electron chi connectivity index (χ3n) is 1.52. The van der Waals surface area contributed by atoms with Crippen LogP contribution in [0.1, 0.15) is 34.6 Å². The van der Waals surface area contributed by atoms with Gasteiger partial charge in [-0.25, -0.2) is 0 Å². The van der Waals surface area contributed by atoms with Gasteiger partial charge in [-0.05, 0) is 0 Å². The summed E-state index contributed by atoms with van der Waals surface area (Å²) in [5.74, 6) is -0.363. The first-order chi connectivity index (χ1) is 6.79. The summed E-state index contributed by atoms with van der Waals surface area (Å²) in [5, 5.41) is 3.47. The van der Waals surface area contributed by atoms with Crippen LogP contribution in [0.4, 0.5) is 0 Å². The molecule has 4 heteroatoms. The van der Waals surface area contributed by atoms with Gasteiger partial charge in [-0.2, -0.15) is 0 Å². The molecule has 0 N–H and O–H groups in total. The molecule has 76 valence electrons. The van der Waals surface area contributed by atoms with Crippen molar-refractivity contribution in [2.45, 2.75) is 13.8 Å². The van der Waals surface area contributed by atoms with Crippen LogP contribution in [0.3, 0.4) is 0 Å². The maximum Gasteiger partial charge on any atom is 1.00 e. The summed E-state index contributed by atoms with van der Waals surface area (Å²) in [7, 11) is 1.41. The molecule has 0 unspecified atom stereocenters. The maximum atomic E-state index is 11.1. The smallest absolute Gasteiger partial charge is 0.652 e. The van der Waals surface area contributed by atoms with E-state index < -0.39 is 0 Å². The molecular weight excluding hydrogens is 217 g/mol. The summed E-state index contributed by atoms with van der Waals surface area (Å²) < 4.78 is 0. The number of hydrogen-bond acceptors (Lipinski definition) is 2. The molecule has 0 fully saturated rings. The molecule has 15 heavy (non-hydrogen) atoms. The van der Waals surface area contributed by atoms with E-state index in [-0.39, 0.29) is 57.3 Å². The van der Waals surface area contributed by atoms with Gasteiger partial charge in [0.2, 0.25) is 0 Å². The van der Waals surface area contributed by atoms with Crippen molar-refractivity contribution in [1.82, 2.24) is 0 Å². The van der Waals surface area contributed by atoms with Crippen LogP contribution in [-0.2, 0) is 0 Å². The Morgan fingerprint density at radius 2 is 1.80 bits per heavy atom. The van der Waals surface area contributed by atoms with Crippen molar-refractivity contribution in [2.75, 3.05) is 7.05 Å². The Kier molecular flexibility index (Phi) is 12.2. The quantitative estimate of drug-likeness (QED) is 0.517. The molecule has 0 aromatic heterocycles. The predicted octanol–water partition coefficient (Wildman–Crippen LogP) is -0.327. The largest absolute Gasteiger partial charge is 1.00 e. The normalized spacial score (nSPS) is 7.67.